The number of hydrogen-bond donors (Lipinski definition) is 1. The van der Waals surface area contributed by atoms with Crippen LogP contribution in [0, 0.1) is 5.92 Å². The van der Waals surface area contributed by atoms with Gasteiger partial charge in [-0.05, 0) is 51.4 Å². The van der Waals surface area contributed by atoms with Gasteiger partial charge in [0.2, 0.25) is 0 Å². The van der Waals surface area contributed by atoms with E-state index in [9.17, 15) is 5.11 Å². The van der Waals surface area contributed by atoms with Crippen LogP contribution in [-0.4, -0.2) is 35.1 Å². The van der Waals surface area contributed by atoms with E-state index in [1.165, 1.54) is 25.7 Å². The third-order valence-electron chi connectivity index (χ3n) is 6.18. The molecule has 1 aliphatic carbocycles. The smallest absolute Gasteiger partial charge is 0.0727 e. The van der Waals surface area contributed by atoms with Crippen LogP contribution >= 0.6 is 0 Å². The highest BCUT2D eigenvalue weighted by molar-refractivity contribution is 5.01. The molecule has 20 heavy (non-hydrogen) atoms. The minimum Gasteiger partial charge on any atom is -0.389 e. The van der Waals surface area contributed by atoms with Gasteiger partial charge in [-0.25, -0.2) is 0 Å². The molecule has 3 aliphatic rings. The first-order valence-electron chi connectivity index (χ1n) is 8.50. The van der Waals surface area contributed by atoms with Crippen LogP contribution in [0.4, 0.5) is 0 Å². The molecule has 3 atom stereocenters. The molecule has 1 spiro atoms. The molecule has 2 saturated heterocycles. The van der Waals surface area contributed by atoms with Gasteiger partial charge in [-0.15, -0.1) is 0 Å². The normalized spacial score (nSPS) is 44.9. The molecule has 0 amide bonds. The van der Waals surface area contributed by atoms with Gasteiger partial charge in [-0.2, -0.15) is 0 Å². The standard InChI is InChI=1S/C17H30O3/c1-3-15(2)13-17(18,9-11-19-15)14-6-10-20-16(12-14)7-4-5-8-16/h14,18H,3-13H2,1-2H3. The number of rotatable bonds is 2. The Kier molecular flexibility index (Phi) is 3.89. The molecule has 3 rings (SSSR count). The summed E-state index contributed by atoms with van der Waals surface area (Å²) in [6.45, 7) is 5.85. The third-order valence-corrected chi connectivity index (χ3v) is 6.18. The molecule has 3 nitrogen and oxygen atoms in total. The lowest BCUT2D eigenvalue weighted by Gasteiger charge is -2.50. The Bertz CT molecular complexity index is 350. The van der Waals surface area contributed by atoms with Crippen molar-refractivity contribution in [1.29, 1.82) is 0 Å². The van der Waals surface area contributed by atoms with Crippen LogP contribution in [-0.2, 0) is 9.47 Å². The van der Waals surface area contributed by atoms with Crippen molar-refractivity contribution in [1.82, 2.24) is 0 Å². The molecule has 0 radical (unpaired) electrons. The van der Waals surface area contributed by atoms with Gasteiger partial charge in [0.25, 0.3) is 0 Å². The lowest BCUT2D eigenvalue weighted by atomic mass is 9.68. The highest BCUT2D eigenvalue weighted by Crippen LogP contribution is 2.49. The predicted octanol–water partition coefficient (Wildman–Crippen LogP) is 3.44. The summed E-state index contributed by atoms with van der Waals surface area (Å²) < 4.78 is 12.1. The summed E-state index contributed by atoms with van der Waals surface area (Å²) in [6.07, 6.45) is 9.61. The Balaban J connectivity index is 1.73. The fraction of sp³-hybridized carbons (Fsp3) is 1.00. The average Bonchev–Trinajstić information content (AvgIpc) is 2.87. The molecule has 1 saturated carbocycles. The first-order chi connectivity index (χ1) is 9.49. The maximum absolute atomic E-state index is 11.3. The van der Waals surface area contributed by atoms with E-state index in [2.05, 4.69) is 13.8 Å². The van der Waals surface area contributed by atoms with Crippen LogP contribution in [0.5, 0.6) is 0 Å². The quantitative estimate of drug-likeness (QED) is 0.843. The van der Waals surface area contributed by atoms with Gasteiger partial charge >= 0.3 is 0 Å². The van der Waals surface area contributed by atoms with Gasteiger partial charge < -0.3 is 14.6 Å². The number of hydrogen-bond acceptors (Lipinski definition) is 3. The summed E-state index contributed by atoms with van der Waals surface area (Å²) in [5.41, 5.74) is -0.587. The lowest BCUT2D eigenvalue weighted by molar-refractivity contribution is -0.202. The van der Waals surface area contributed by atoms with Gasteiger partial charge in [0, 0.05) is 13.0 Å². The van der Waals surface area contributed by atoms with Crippen molar-refractivity contribution in [2.24, 2.45) is 5.92 Å². The van der Waals surface area contributed by atoms with Crippen LogP contribution in [0.3, 0.4) is 0 Å². The minimum absolute atomic E-state index is 0.0968. The molecule has 3 fully saturated rings. The van der Waals surface area contributed by atoms with Gasteiger partial charge in [-0.1, -0.05) is 19.8 Å². The van der Waals surface area contributed by atoms with Crippen LogP contribution in [0.25, 0.3) is 0 Å². The van der Waals surface area contributed by atoms with E-state index in [1.54, 1.807) is 0 Å². The zero-order valence-electron chi connectivity index (χ0n) is 13.1. The number of ether oxygens (including phenoxy) is 2. The molecule has 3 unspecified atom stereocenters. The summed E-state index contributed by atoms with van der Waals surface area (Å²) >= 11 is 0. The zero-order valence-corrected chi connectivity index (χ0v) is 13.1. The van der Waals surface area contributed by atoms with E-state index < -0.39 is 5.60 Å². The fourth-order valence-electron chi connectivity index (χ4n) is 4.69. The van der Waals surface area contributed by atoms with E-state index >= 15 is 0 Å². The molecular weight excluding hydrogens is 252 g/mol. The number of aliphatic hydroxyl groups is 1. The molecule has 0 aromatic carbocycles. The summed E-state index contributed by atoms with van der Waals surface area (Å²) in [4.78, 5) is 0. The first kappa shape index (κ1) is 14.8. The summed E-state index contributed by atoms with van der Waals surface area (Å²) in [6, 6.07) is 0. The Morgan fingerprint density at radius 3 is 2.55 bits per heavy atom. The SMILES string of the molecule is CCC1(C)CC(O)(C2CCOC3(CCCC3)C2)CCO1. The van der Waals surface area contributed by atoms with Crippen LogP contribution in [0.2, 0.25) is 0 Å². The maximum Gasteiger partial charge on any atom is 0.0727 e. The van der Waals surface area contributed by atoms with Gasteiger partial charge in [0.05, 0.1) is 23.4 Å². The van der Waals surface area contributed by atoms with Crippen molar-refractivity contribution in [3.63, 3.8) is 0 Å². The Hall–Kier alpha value is -0.120. The monoisotopic (exact) mass is 282 g/mol. The lowest BCUT2D eigenvalue weighted by Crippen LogP contribution is -2.54. The minimum atomic E-state index is -0.539. The highest BCUT2D eigenvalue weighted by atomic mass is 16.5. The molecule has 3 heteroatoms. The molecule has 0 aromatic rings. The van der Waals surface area contributed by atoms with Crippen molar-refractivity contribution < 1.29 is 14.6 Å². The molecule has 0 aromatic heterocycles. The van der Waals surface area contributed by atoms with Crippen molar-refractivity contribution >= 4 is 0 Å². The van der Waals surface area contributed by atoms with Crippen molar-refractivity contribution in [2.75, 3.05) is 13.2 Å². The van der Waals surface area contributed by atoms with Crippen LogP contribution < -0.4 is 0 Å². The Morgan fingerprint density at radius 1 is 1.10 bits per heavy atom. The van der Waals surface area contributed by atoms with Crippen molar-refractivity contribution in [3.05, 3.63) is 0 Å². The largest absolute Gasteiger partial charge is 0.389 e. The van der Waals surface area contributed by atoms with E-state index in [1.807, 2.05) is 0 Å². The highest BCUT2D eigenvalue weighted by Gasteiger charge is 2.50. The molecule has 1 N–H and O–H groups in total. The third kappa shape index (κ3) is 2.65. The van der Waals surface area contributed by atoms with E-state index in [0.717, 1.165) is 38.7 Å². The topological polar surface area (TPSA) is 38.7 Å². The maximum atomic E-state index is 11.3. The zero-order chi connectivity index (χ0) is 14.3. The van der Waals surface area contributed by atoms with E-state index in [0.29, 0.717) is 12.5 Å². The molecule has 2 heterocycles. The molecule has 0 bridgehead atoms. The van der Waals surface area contributed by atoms with Gasteiger partial charge in [0.15, 0.2) is 0 Å². The molecule has 2 aliphatic heterocycles. The van der Waals surface area contributed by atoms with E-state index in [4.69, 9.17) is 9.47 Å². The Labute approximate surface area is 123 Å². The van der Waals surface area contributed by atoms with Crippen molar-refractivity contribution in [2.45, 2.75) is 88.4 Å². The summed E-state index contributed by atoms with van der Waals surface area (Å²) in [5.74, 6) is 0.393. The second-order valence-corrected chi connectivity index (χ2v) is 7.61. The predicted molar refractivity (Wildman–Crippen MR) is 78.7 cm³/mol. The fourth-order valence-corrected chi connectivity index (χ4v) is 4.69. The summed E-state index contributed by atoms with van der Waals surface area (Å²) in [7, 11) is 0. The van der Waals surface area contributed by atoms with Crippen LogP contribution in [0.15, 0.2) is 0 Å². The van der Waals surface area contributed by atoms with Crippen LogP contribution in [0.1, 0.15) is 71.6 Å². The van der Waals surface area contributed by atoms with Crippen molar-refractivity contribution in [3.8, 4) is 0 Å². The molecule has 116 valence electrons. The van der Waals surface area contributed by atoms with E-state index in [-0.39, 0.29) is 11.2 Å². The first-order valence-corrected chi connectivity index (χ1v) is 8.50. The Morgan fingerprint density at radius 2 is 1.85 bits per heavy atom. The molecular formula is C17H30O3. The second-order valence-electron chi connectivity index (χ2n) is 7.61. The summed E-state index contributed by atoms with van der Waals surface area (Å²) in [5, 5.41) is 11.3. The average molecular weight is 282 g/mol. The van der Waals surface area contributed by atoms with Gasteiger partial charge in [0.1, 0.15) is 0 Å². The second kappa shape index (κ2) is 5.26. The van der Waals surface area contributed by atoms with Gasteiger partial charge in [-0.3, -0.25) is 0 Å².